The second-order valence-electron chi connectivity index (χ2n) is 5.28. The molecule has 0 heterocycles. The van der Waals surface area contributed by atoms with Crippen LogP contribution in [0.2, 0.25) is 0 Å². The highest BCUT2D eigenvalue weighted by Gasteiger charge is 2.21. The zero-order valence-corrected chi connectivity index (χ0v) is 13.1. The van der Waals surface area contributed by atoms with E-state index in [9.17, 15) is 0 Å². The first-order chi connectivity index (χ1) is 9.13. The maximum absolute atomic E-state index is 5.81. The third-order valence-corrected chi connectivity index (χ3v) is 3.54. The minimum Gasteiger partial charge on any atom is -0.494 e. The van der Waals surface area contributed by atoms with Crippen LogP contribution < -0.4 is 10.1 Å². The van der Waals surface area contributed by atoms with Gasteiger partial charge < -0.3 is 10.1 Å². The van der Waals surface area contributed by atoms with Gasteiger partial charge in [0.1, 0.15) is 5.75 Å². The predicted molar refractivity (Wildman–Crippen MR) is 82.8 cm³/mol. The van der Waals surface area contributed by atoms with Gasteiger partial charge in [-0.05, 0) is 38.8 Å². The van der Waals surface area contributed by atoms with E-state index in [2.05, 4.69) is 51.2 Å². The zero-order valence-electron chi connectivity index (χ0n) is 13.1. The molecule has 0 saturated heterocycles. The second kappa shape index (κ2) is 8.21. The summed E-state index contributed by atoms with van der Waals surface area (Å²) in [5.74, 6) is 1.65. The van der Waals surface area contributed by atoms with Gasteiger partial charge in [0.25, 0.3) is 0 Å². The zero-order chi connectivity index (χ0) is 14.3. The van der Waals surface area contributed by atoms with Crippen LogP contribution in [0.5, 0.6) is 5.75 Å². The summed E-state index contributed by atoms with van der Waals surface area (Å²) in [7, 11) is 0. The van der Waals surface area contributed by atoms with E-state index < -0.39 is 0 Å². The molecule has 108 valence electrons. The standard InChI is InChI=1S/C17H29NO/c1-6-9-14(5)17(18-7-2)15-12-13(4)10-11-16(15)19-8-3/h10-12,14,17-18H,6-9H2,1-5H3. The lowest BCUT2D eigenvalue weighted by molar-refractivity contribution is 0.314. The molecule has 1 rings (SSSR count). The minimum atomic E-state index is 0.381. The molecule has 0 saturated carbocycles. The van der Waals surface area contributed by atoms with E-state index in [-0.39, 0.29) is 0 Å². The predicted octanol–water partition coefficient (Wildman–Crippen LogP) is 4.48. The van der Waals surface area contributed by atoms with Crippen molar-refractivity contribution >= 4 is 0 Å². The number of nitrogens with one attached hydrogen (secondary N) is 1. The van der Waals surface area contributed by atoms with Crippen LogP contribution in [0, 0.1) is 12.8 Å². The smallest absolute Gasteiger partial charge is 0.124 e. The van der Waals surface area contributed by atoms with Crippen LogP contribution in [0.3, 0.4) is 0 Å². The SMILES string of the molecule is CCCC(C)C(NCC)c1cc(C)ccc1OCC. The molecule has 0 fully saturated rings. The highest BCUT2D eigenvalue weighted by Crippen LogP contribution is 2.33. The van der Waals surface area contributed by atoms with E-state index in [4.69, 9.17) is 4.74 Å². The van der Waals surface area contributed by atoms with E-state index in [0.717, 1.165) is 18.9 Å². The van der Waals surface area contributed by atoms with Gasteiger partial charge in [0.05, 0.1) is 6.61 Å². The Labute approximate surface area is 118 Å². The van der Waals surface area contributed by atoms with Crippen molar-refractivity contribution in [2.24, 2.45) is 5.92 Å². The Morgan fingerprint density at radius 1 is 1.21 bits per heavy atom. The number of hydrogen-bond acceptors (Lipinski definition) is 2. The first-order valence-electron chi connectivity index (χ1n) is 7.60. The van der Waals surface area contributed by atoms with Gasteiger partial charge in [-0.3, -0.25) is 0 Å². The summed E-state index contributed by atoms with van der Waals surface area (Å²) in [5.41, 5.74) is 2.61. The molecule has 0 radical (unpaired) electrons. The van der Waals surface area contributed by atoms with Gasteiger partial charge in [-0.1, -0.05) is 44.9 Å². The monoisotopic (exact) mass is 263 g/mol. The van der Waals surface area contributed by atoms with Crippen LogP contribution in [-0.4, -0.2) is 13.2 Å². The van der Waals surface area contributed by atoms with E-state index in [1.807, 2.05) is 6.92 Å². The third-order valence-electron chi connectivity index (χ3n) is 3.54. The largest absolute Gasteiger partial charge is 0.494 e. The fourth-order valence-electron chi connectivity index (χ4n) is 2.66. The second-order valence-corrected chi connectivity index (χ2v) is 5.28. The number of ether oxygens (including phenoxy) is 1. The first kappa shape index (κ1) is 16.0. The Morgan fingerprint density at radius 3 is 2.53 bits per heavy atom. The molecule has 2 nitrogen and oxygen atoms in total. The summed E-state index contributed by atoms with van der Waals surface area (Å²) < 4.78 is 5.81. The highest BCUT2D eigenvalue weighted by molar-refractivity contribution is 5.39. The first-order valence-corrected chi connectivity index (χ1v) is 7.60. The quantitative estimate of drug-likeness (QED) is 0.746. The van der Waals surface area contributed by atoms with Crippen LogP contribution in [0.4, 0.5) is 0 Å². The molecule has 0 spiro atoms. The van der Waals surface area contributed by atoms with Crippen molar-refractivity contribution < 1.29 is 4.74 Å². The summed E-state index contributed by atoms with van der Waals surface area (Å²) in [6.07, 6.45) is 2.45. The van der Waals surface area contributed by atoms with Gasteiger partial charge in [0.15, 0.2) is 0 Å². The lowest BCUT2D eigenvalue weighted by Gasteiger charge is -2.27. The molecule has 0 aliphatic rings. The molecule has 2 unspecified atom stereocenters. The minimum absolute atomic E-state index is 0.381. The van der Waals surface area contributed by atoms with Crippen molar-refractivity contribution in [2.45, 2.75) is 53.5 Å². The Kier molecular flexibility index (Phi) is 6.93. The summed E-state index contributed by atoms with van der Waals surface area (Å²) in [6, 6.07) is 6.88. The lowest BCUT2D eigenvalue weighted by Crippen LogP contribution is -2.27. The average Bonchev–Trinajstić information content (AvgIpc) is 2.38. The van der Waals surface area contributed by atoms with Crippen molar-refractivity contribution in [1.82, 2.24) is 5.32 Å². The molecule has 19 heavy (non-hydrogen) atoms. The maximum atomic E-state index is 5.81. The van der Waals surface area contributed by atoms with Gasteiger partial charge in [0.2, 0.25) is 0 Å². The van der Waals surface area contributed by atoms with Gasteiger partial charge in [-0.25, -0.2) is 0 Å². The number of benzene rings is 1. The molecule has 0 aliphatic heterocycles. The van der Waals surface area contributed by atoms with E-state index >= 15 is 0 Å². The molecule has 1 aromatic carbocycles. The maximum Gasteiger partial charge on any atom is 0.124 e. The van der Waals surface area contributed by atoms with Crippen molar-refractivity contribution in [2.75, 3.05) is 13.2 Å². The lowest BCUT2D eigenvalue weighted by atomic mass is 9.89. The topological polar surface area (TPSA) is 21.3 Å². The van der Waals surface area contributed by atoms with Crippen LogP contribution in [0.25, 0.3) is 0 Å². The van der Waals surface area contributed by atoms with Gasteiger partial charge in [-0.2, -0.15) is 0 Å². The van der Waals surface area contributed by atoms with Crippen molar-refractivity contribution in [3.63, 3.8) is 0 Å². The Balaban J connectivity index is 3.08. The van der Waals surface area contributed by atoms with Gasteiger partial charge in [-0.15, -0.1) is 0 Å². The number of rotatable bonds is 8. The van der Waals surface area contributed by atoms with Crippen LogP contribution in [0.15, 0.2) is 18.2 Å². The van der Waals surface area contributed by atoms with E-state index in [1.165, 1.54) is 24.0 Å². The highest BCUT2D eigenvalue weighted by atomic mass is 16.5. The summed E-state index contributed by atoms with van der Waals surface area (Å²) in [4.78, 5) is 0. The number of aryl methyl sites for hydroxylation is 1. The van der Waals surface area contributed by atoms with Gasteiger partial charge in [0, 0.05) is 11.6 Å². The molecule has 0 aliphatic carbocycles. The molecule has 0 bridgehead atoms. The summed E-state index contributed by atoms with van der Waals surface area (Å²) in [6.45, 7) is 12.6. The van der Waals surface area contributed by atoms with Crippen LogP contribution in [-0.2, 0) is 0 Å². The van der Waals surface area contributed by atoms with Crippen LogP contribution in [0.1, 0.15) is 57.7 Å². The van der Waals surface area contributed by atoms with Crippen molar-refractivity contribution in [3.8, 4) is 5.75 Å². The molecule has 1 aromatic rings. The van der Waals surface area contributed by atoms with Gasteiger partial charge >= 0.3 is 0 Å². The average molecular weight is 263 g/mol. The molecule has 1 N–H and O–H groups in total. The van der Waals surface area contributed by atoms with Crippen molar-refractivity contribution in [3.05, 3.63) is 29.3 Å². The third kappa shape index (κ3) is 4.54. The Bertz CT molecular complexity index is 376. The summed E-state index contributed by atoms with van der Waals surface area (Å²) >= 11 is 0. The molecular weight excluding hydrogens is 234 g/mol. The van der Waals surface area contributed by atoms with Crippen LogP contribution >= 0.6 is 0 Å². The normalized spacial score (nSPS) is 14.2. The van der Waals surface area contributed by atoms with E-state index in [0.29, 0.717) is 12.0 Å². The fraction of sp³-hybridized carbons (Fsp3) is 0.647. The molecule has 0 amide bonds. The van der Waals surface area contributed by atoms with Crippen molar-refractivity contribution in [1.29, 1.82) is 0 Å². The fourth-order valence-corrected chi connectivity index (χ4v) is 2.66. The number of hydrogen-bond donors (Lipinski definition) is 1. The molecule has 2 atom stereocenters. The molecule has 0 aromatic heterocycles. The molecule has 2 heteroatoms. The summed E-state index contributed by atoms with van der Waals surface area (Å²) in [5, 5.41) is 3.63. The Hall–Kier alpha value is -1.02. The van der Waals surface area contributed by atoms with E-state index in [1.54, 1.807) is 0 Å². The molecular formula is C17H29NO. The Morgan fingerprint density at radius 2 is 1.95 bits per heavy atom.